The summed E-state index contributed by atoms with van der Waals surface area (Å²) < 4.78 is 8.88. The van der Waals surface area contributed by atoms with Crippen molar-refractivity contribution in [2.24, 2.45) is 7.05 Å². The quantitative estimate of drug-likeness (QED) is 0.695. The van der Waals surface area contributed by atoms with Crippen molar-refractivity contribution in [2.45, 2.75) is 0 Å². The summed E-state index contributed by atoms with van der Waals surface area (Å²) in [5.74, 6) is 0.603. The molecule has 0 aliphatic heterocycles. The van der Waals surface area contributed by atoms with Crippen molar-refractivity contribution in [3.8, 4) is 22.8 Å². The van der Waals surface area contributed by atoms with E-state index in [9.17, 15) is 4.79 Å². The first-order valence-electron chi connectivity index (χ1n) is 8.78. The number of rotatable bonds is 7. The molecule has 0 atom stereocenters. The molecule has 0 bridgehead atoms. The second-order valence-electron chi connectivity index (χ2n) is 6.59. The van der Waals surface area contributed by atoms with Gasteiger partial charge < -0.3 is 19.5 Å². The average molecular weight is 367 g/mol. The molecule has 142 valence electrons. The van der Waals surface area contributed by atoms with Gasteiger partial charge in [0.05, 0.1) is 18.5 Å². The molecule has 3 rings (SSSR count). The fourth-order valence-corrected chi connectivity index (χ4v) is 2.80. The van der Waals surface area contributed by atoms with E-state index in [1.165, 1.54) is 0 Å². The summed E-state index contributed by atoms with van der Waals surface area (Å²) in [4.78, 5) is 14.8. The monoisotopic (exact) mass is 367 g/mol. The van der Waals surface area contributed by atoms with E-state index in [0.29, 0.717) is 12.2 Å². The van der Waals surface area contributed by atoms with Crippen molar-refractivity contribution in [1.82, 2.24) is 24.6 Å². The molecule has 27 heavy (non-hydrogen) atoms. The summed E-state index contributed by atoms with van der Waals surface area (Å²) >= 11 is 0. The maximum Gasteiger partial charge on any atom is 0.270 e. The van der Waals surface area contributed by atoms with Crippen LogP contribution in [0.5, 0.6) is 5.75 Å². The molecular formula is C20H25N5O2. The number of aryl methyl sites for hydroxylation is 1. The molecule has 2 heterocycles. The molecule has 1 N–H and O–H groups in total. The number of carbonyl (C=O) groups excluding carboxylic acids is 1. The van der Waals surface area contributed by atoms with Gasteiger partial charge in [-0.15, -0.1) is 0 Å². The molecule has 1 aromatic carbocycles. The van der Waals surface area contributed by atoms with Crippen LogP contribution in [-0.2, 0) is 7.05 Å². The average Bonchev–Trinajstić information content (AvgIpc) is 3.27. The number of nitrogens with one attached hydrogen (secondary N) is 1. The Kier molecular flexibility index (Phi) is 5.61. The minimum Gasteiger partial charge on any atom is -0.497 e. The van der Waals surface area contributed by atoms with Gasteiger partial charge in [0.25, 0.3) is 5.91 Å². The van der Waals surface area contributed by atoms with E-state index in [1.54, 1.807) is 11.8 Å². The van der Waals surface area contributed by atoms with Gasteiger partial charge in [0.2, 0.25) is 0 Å². The summed E-state index contributed by atoms with van der Waals surface area (Å²) in [6.45, 7) is 1.34. The Morgan fingerprint density at radius 3 is 2.56 bits per heavy atom. The lowest BCUT2D eigenvalue weighted by Crippen LogP contribution is -2.32. The van der Waals surface area contributed by atoms with Gasteiger partial charge in [0.1, 0.15) is 17.1 Å². The Morgan fingerprint density at radius 1 is 1.22 bits per heavy atom. The lowest BCUT2D eigenvalue weighted by atomic mass is 10.2. The van der Waals surface area contributed by atoms with E-state index in [1.807, 2.05) is 79.3 Å². The molecule has 7 nitrogen and oxygen atoms in total. The molecule has 0 aliphatic rings. The molecule has 2 aromatic heterocycles. The second-order valence-corrected chi connectivity index (χ2v) is 6.59. The van der Waals surface area contributed by atoms with Crippen molar-refractivity contribution in [3.63, 3.8) is 0 Å². The Bertz CT molecular complexity index is 909. The third-order valence-corrected chi connectivity index (χ3v) is 4.31. The Hall–Kier alpha value is -3.06. The van der Waals surface area contributed by atoms with Crippen LogP contribution in [0, 0.1) is 0 Å². The summed E-state index contributed by atoms with van der Waals surface area (Å²) in [5, 5.41) is 7.65. The Balaban J connectivity index is 1.97. The molecule has 0 spiro atoms. The van der Waals surface area contributed by atoms with Crippen LogP contribution in [0.2, 0.25) is 0 Å². The molecule has 1 amide bonds. The van der Waals surface area contributed by atoms with Crippen LogP contribution in [0.25, 0.3) is 17.1 Å². The van der Waals surface area contributed by atoms with Gasteiger partial charge in [-0.05, 0) is 56.6 Å². The zero-order chi connectivity index (χ0) is 19.4. The number of hydrogen-bond donors (Lipinski definition) is 1. The van der Waals surface area contributed by atoms with Crippen LogP contribution in [-0.4, -0.2) is 59.4 Å². The van der Waals surface area contributed by atoms with Crippen molar-refractivity contribution in [2.75, 3.05) is 34.3 Å². The number of aromatic nitrogens is 3. The highest BCUT2D eigenvalue weighted by molar-refractivity contribution is 5.94. The van der Waals surface area contributed by atoms with Gasteiger partial charge >= 0.3 is 0 Å². The number of hydrogen-bond acceptors (Lipinski definition) is 4. The zero-order valence-corrected chi connectivity index (χ0v) is 16.1. The van der Waals surface area contributed by atoms with Gasteiger partial charge in [-0.25, -0.2) is 4.68 Å². The largest absolute Gasteiger partial charge is 0.497 e. The summed E-state index contributed by atoms with van der Waals surface area (Å²) in [6, 6.07) is 13.2. The second kappa shape index (κ2) is 8.09. The molecule has 0 fully saturated rings. The maximum atomic E-state index is 12.8. The molecular weight excluding hydrogens is 342 g/mol. The van der Waals surface area contributed by atoms with Crippen LogP contribution < -0.4 is 10.1 Å². The highest BCUT2D eigenvalue weighted by Gasteiger charge is 2.18. The maximum absolute atomic E-state index is 12.8. The fraction of sp³-hybridized carbons (Fsp3) is 0.300. The number of carbonyl (C=O) groups is 1. The van der Waals surface area contributed by atoms with Crippen molar-refractivity contribution in [3.05, 3.63) is 54.4 Å². The van der Waals surface area contributed by atoms with Crippen LogP contribution >= 0.6 is 0 Å². The minimum atomic E-state index is -0.152. The van der Waals surface area contributed by atoms with Crippen LogP contribution in [0.1, 0.15) is 10.5 Å². The molecule has 3 aromatic rings. The van der Waals surface area contributed by atoms with Gasteiger partial charge in [-0.2, -0.15) is 5.10 Å². The molecule has 0 unspecified atom stereocenters. The first-order chi connectivity index (χ1) is 13.0. The van der Waals surface area contributed by atoms with Crippen molar-refractivity contribution in [1.29, 1.82) is 0 Å². The van der Waals surface area contributed by atoms with Crippen LogP contribution in [0.15, 0.2) is 48.7 Å². The van der Waals surface area contributed by atoms with Crippen molar-refractivity contribution < 1.29 is 9.53 Å². The summed E-state index contributed by atoms with van der Waals surface area (Å²) in [7, 11) is 7.53. The van der Waals surface area contributed by atoms with Gasteiger partial charge in [-0.1, -0.05) is 0 Å². The number of ether oxygens (including phenoxy) is 1. The third kappa shape index (κ3) is 4.20. The topological polar surface area (TPSA) is 64.3 Å². The standard InChI is InChI=1S/C20H25N5O2/c1-23(2)13-11-21-20(26)19-14-17(18-6-5-12-24(18)3)22-25(19)15-7-9-16(27-4)10-8-15/h5-10,12,14H,11,13H2,1-4H3,(H,21,26). The molecule has 0 saturated carbocycles. The van der Waals surface area contributed by atoms with E-state index in [2.05, 4.69) is 10.4 Å². The number of amides is 1. The Morgan fingerprint density at radius 2 is 1.96 bits per heavy atom. The van der Waals surface area contributed by atoms with E-state index in [-0.39, 0.29) is 5.91 Å². The summed E-state index contributed by atoms with van der Waals surface area (Å²) in [5.41, 5.74) is 2.99. The van der Waals surface area contributed by atoms with Crippen LogP contribution in [0.4, 0.5) is 0 Å². The number of methoxy groups -OCH3 is 1. The van der Waals surface area contributed by atoms with E-state index >= 15 is 0 Å². The summed E-state index contributed by atoms with van der Waals surface area (Å²) in [6.07, 6.45) is 1.96. The van der Waals surface area contributed by atoms with Gasteiger partial charge in [-0.3, -0.25) is 4.79 Å². The molecule has 0 radical (unpaired) electrons. The minimum absolute atomic E-state index is 0.152. The van der Waals surface area contributed by atoms with Crippen molar-refractivity contribution >= 4 is 5.91 Å². The van der Waals surface area contributed by atoms with Crippen LogP contribution in [0.3, 0.4) is 0 Å². The first-order valence-corrected chi connectivity index (χ1v) is 8.78. The smallest absolute Gasteiger partial charge is 0.270 e. The molecule has 0 saturated heterocycles. The SMILES string of the molecule is COc1ccc(-n2nc(-c3cccn3C)cc2C(=O)NCCN(C)C)cc1. The lowest BCUT2D eigenvalue weighted by Gasteiger charge is -2.11. The fourth-order valence-electron chi connectivity index (χ4n) is 2.80. The predicted molar refractivity (Wildman–Crippen MR) is 105 cm³/mol. The van der Waals surface area contributed by atoms with E-state index in [4.69, 9.17) is 4.74 Å². The number of benzene rings is 1. The normalized spacial score (nSPS) is 11.0. The van der Waals surface area contributed by atoms with Gasteiger partial charge in [0, 0.05) is 26.3 Å². The zero-order valence-electron chi connectivity index (χ0n) is 16.1. The predicted octanol–water partition coefficient (Wildman–Crippen LogP) is 2.18. The third-order valence-electron chi connectivity index (χ3n) is 4.31. The lowest BCUT2D eigenvalue weighted by molar-refractivity contribution is 0.0943. The number of nitrogens with zero attached hydrogens (tertiary/aromatic N) is 4. The number of likely N-dealkylation sites (N-methyl/N-ethyl adjacent to an activating group) is 1. The highest BCUT2D eigenvalue weighted by atomic mass is 16.5. The molecule has 0 aliphatic carbocycles. The van der Waals surface area contributed by atoms with E-state index < -0.39 is 0 Å². The molecule has 7 heteroatoms. The Labute approximate surface area is 159 Å². The highest BCUT2D eigenvalue weighted by Crippen LogP contribution is 2.23. The first kappa shape index (κ1) is 18.7. The van der Waals surface area contributed by atoms with Gasteiger partial charge in [0.15, 0.2) is 0 Å². The van der Waals surface area contributed by atoms with E-state index in [0.717, 1.165) is 29.4 Å².